The molecule has 0 aliphatic rings. The maximum Gasteiger partial charge on any atom is 0.227 e. The Bertz CT molecular complexity index is 247. The van der Waals surface area contributed by atoms with Crippen molar-refractivity contribution >= 4 is 5.91 Å². The van der Waals surface area contributed by atoms with Gasteiger partial charge in [-0.25, -0.2) is 0 Å². The molecule has 0 saturated heterocycles. The van der Waals surface area contributed by atoms with Crippen LogP contribution in [0.2, 0.25) is 0 Å². The Kier molecular flexibility index (Phi) is 7.48. The van der Waals surface area contributed by atoms with Crippen molar-refractivity contribution < 1.29 is 4.79 Å². The normalized spacial score (nSPS) is 16.7. The molecule has 2 atom stereocenters. The van der Waals surface area contributed by atoms with Gasteiger partial charge in [-0.2, -0.15) is 0 Å². The number of nitrogens with one attached hydrogen (secondary N) is 1. The first-order valence-corrected chi connectivity index (χ1v) is 6.91. The fourth-order valence-corrected chi connectivity index (χ4v) is 1.84. The quantitative estimate of drug-likeness (QED) is 0.692. The summed E-state index contributed by atoms with van der Waals surface area (Å²) in [5.41, 5.74) is 5.26. The van der Waals surface area contributed by atoms with Crippen molar-refractivity contribution in [3.8, 4) is 0 Å². The van der Waals surface area contributed by atoms with Crippen LogP contribution in [0.25, 0.3) is 0 Å². The second-order valence-electron chi connectivity index (χ2n) is 6.08. The van der Waals surface area contributed by atoms with Gasteiger partial charge in [-0.1, -0.05) is 20.8 Å². The average molecular weight is 257 g/mol. The zero-order valence-corrected chi connectivity index (χ0v) is 12.9. The van der Waals surface area contributed by atoms with E-state index in [1.54, 1.807) is 0 Å². The molecule has 0 radical (unpaired) electrons. The third-order valence-corrected chi connectivity index (χ3v) is 3.75. The SMILES string of the molecule is CCC(C)(CN)C(=O)NCC(CC(C)C)N(C)C. The van der Waals surface area contributed by atoms with E-state index in [2.05, 4.69) is 38.2 Å². The Morgan fingerprint density at radius 3 is 2.28 bits per heavy atom. The predicted octanol–water partition coefficient (Wildman–Crippen LogP) is 1.45. The van der Waals surface area contributed by atoms with Crippen LogP contribution in [0.15, 0.2) is 0 Å². The third-order valence-electron chi connectivity index (χ3n) is 3.75. The highest BCUT2D eigenvalue weighted by molar-refractivity contribution is 5.82. The molecule has 4 heteroatoms. The van der Waals surface area contributed by atoms with Crippen LogP contribution in [-0.4, -0.2) is 44.0 Å². The van der Waals surface area contributed by atoms with E-state index in [0.717, 1.165) is 12.8 Å². The molecule has 0 aromatic heterocycles. The van der Waals surface area contributed by atoms with Crippen molar-refractivity contribution in [3.63, 3.8) is 0 Å². The lowest BCUT2D eigenvalue weighted by Crippen LogP contribution is -2.48. The van der Waals surface area contributed by atoms with E-state index < -0.39 is 5.41 Å². The molecule has 1 amide bonds. The highest BCUT2D eigenvalue weighted by Crippen LogP contribution is 2.19. The van der Waals surface area contributed by atoms with E-state index in [1.165, 1.54) is 0 Å². The number of likely N-dealkylation sites (N-methyl/N-ethyl adjacent to an activating group) is 1. The summed E-state index contributed by atoms with van der Waals surface area (Å²) in [4.78, 5) is 14.3. The van der Waals surface area contributed by atoms with Crippen molar-refractivity contribution in [1.29, 1.82) is 0 Å². The molecule has 0 rings (SSSR count). The molecule has 3 N–H and O–H groups in total. The zero-order valence-electron chi connectivity index (χ0n) is 12.9. The summed E-state index contributed by atoms with van der Waals surface area (Å²) in [5, 5.41) is 3.05. The second-order valence-corrected chi connectivity index (χ2v) is 6.08. The predicted molar refractivity (Wildman–Crippen MR) is 77.4 cm³/mol. The molecule has 0 aromatic carbocycles. The lowest BCUT2D eigenvalue weighted by Gasteiger charge is -2.30. The number of rotatable bonds is 8. The van der Waals surface area contributed by atoms with Crippen LogP contribution in [0.4, 0.5) is 0 Å². The number of amides is 1. The molecule has 108 valence electrons. The van der Waals surface area contributed by atoms with Crippen LogP contribution < -0.4 is 11.1 Å². The third kappa shape index (κ3) is 5.36. The van der Waals surface area contributed by atoms with E-state index in [4.69, 9.17) is 5.73 Å². The molecule has 0 aliphatic carbocycles. The Morgan fingerprint density at radius 1 is 1.39 bits per heavy atom. The van der Waals surface area contributed by atoms with Crippen molar-refractivity contribution in [2.45, 2.75) is 46.6 Å². The largest absolute Gasteiger partial charge is 0.354 e. The van der Waals surface area contributed by atoms with E-state index in [-0.39, 0.29) is 5.91 Å². The monoisotopic (exact) mass is 257 g/mol. The average Bonchev–Trinajstić information content (AvgIpc) is 2.32. The highest BCUT2D eigenvalue weighted by atomic mass is 16.2. The first kappa shape index (κ1) is 17.4. The molecule has 18 heavy (non-hydrogen) atoms. The molecule has 0 bridgehead atoms. The number of hydrogen-bond acceptors (Lipinski definition) is 3. The molecule has 0 spiro atoms. The minimum Gasteiger partial charge on any atom is -0.354 e. The summed E-state index contributed by atoms with van der Waals surface area (Å²) < 4.78 is 0. The number of hydrogen-bond donors (Lipinski definition) is 2. The van der Waals surface area contributed by atoms with Crippen molar-refractivity contribution in [2.24, 2.45) is 17.1 Å². The van der Waals surface area contributed by atoms with Crippen LogP contribution in [0, 0.1) is 11.3 Å². The van der Waals surface area contributed by atoms with E-state index in [0.29, 0.717) is 25.0 Å². The van der Waals surface area contributed by atoms with Crippen LogP contribution >= 0.6 is 0 Å². The van der Waals surface area contributed by atoms with Gasteiger partial charge in [-0.15, -0.1) is 0 Å². The van der Waals surface area contributed by atoms with Gasteiger partial charge in [-0.05, 0) is 39.8 Å². The first-order valence-electron chi connectivity index (χ1n) is 6.91. The fraction of sp³-hybridized carbons (Fsp3) is 0.929. The highest BCUT2D eigenvalue weighted by Gasteiger charge is 2.30. The minimum absolute atomic E-state index is 0.0723. The zero-order chi connectivity index (χ0) is 14.3. The molecule has 0 heterocycles. The maximum absolute atomic E-state index is 12.1. The molecule has 2 unspecified atom stereocenters. The summed E-state index contributed by atoms with van der Waals surface area (Å²) in [6.45, 7) is 9.42. The minimum atomic E-state index is -0.436. The van der Waals surface area contributed by atoms with Gasteiger partial charge in [0.2, 0.25) is 5.91 Å². The molecular weight excluding hydrogens is 226 g/mol. The Balaban J connectivity index is 4.39. The standard InChI is InChI=1S/C14H31N3O/c1-7-14(4,10-15)13(18)16-9-12(17(5)6)8-11(2)3/h11-12H,7-10,15H2,1-6H3,(H,16,18). The van der Waals surface area contributed by atoms with Gasteiger partial charge in [-0.3, -0.25) is 4.79 Å². The van der Waals surface area contributed by atoms with Crippen LogP contribution in [0.1, 0.15) is 40.5 Å². The summed E-state index contributed by atoms with van der Waals surface area (Å²) in [5.74, 6) is 0.699. The molecule has 0 aliphatic heterocycles. The van der Waals surface area contributed by atoms with E-state index in [1.807, 2.05) is 13.8 Å². The van der Waals surface area contributed by atoms with E-state index >= 15 is 0 Å². The van der Waals surface area contributed by atoms with Crippen LogP contribution in [0.5, 0.6) is 0 Å². The summed E-state index contributed by atoms with van der Waals surface area (Å²) >= 11 is 0. The maximum atomic E-state index is 12.1. The molecule has 0 saturated carbocycles. The first-order chi connectivity index (χ1) is 8.26. The van der Waals surface area contributed by atoms with E-state index in [9.17, 15) is 4.79 Å². The van der Waals surface area contributed by atoms with Gasteiger partial charge < -0.3 is 16.0 Å². The van der Waals surface area contributed by atoms with Gasteiger partial charge >= 0.3 is 0 Å². The summed E-state index contributed by atoms with van der Waals surface area (Å²) in [6.07, 6.45) is 1.85. The second kappa shape index (κ2) is 7.74. The van der Waals surface area contributed by atoms with Gasteiger partial charge in [0.05, 0.1) is 5.41 Å². The lowest BCUT2D eigenvalue weighted by molar-refractivity contribution is -0.130. The fourth-order valence-electron chi connectivity index (χ4n) is 1.84. The lowest BCUT2D eigenvalue weighted by atomic mass is 9.86. The number of carbonyl (C=O) groups excluding carboxylic acids is 1. The van der Waals surface area contributed by atoms with Gasteiger partial charge in [0, 0.05) is 19.1 Å². The molecule has 0 fully saturated rings. The van der Waals surface area contributed by atoms with Gasteiger partial charge in [0.25, 0.3) is 0 Å². The number of carbonyl (C=O) groups is 1. The molecule has 4 nitrogen and oxygen atoms in total. The van der Waals surface area contributed by atoms with Crippen molar-refractivity contribution in [2.75, 3.05) is 27.2 Å². The molecule has 0 aromatic rings. The summed E-state index contributed by atoms with van der Waals surface area (Å²) in [6, 6.07) is 0.382. The van der Waals surface area contributed by atoms with Gasteiger partial charge in [0.15, 0.2) is 0 Å². The van der Waals surface area contributed by atoms with Gasteiger partial charge in [0.1, 0.15) is 0 Å². The number of nitrogens with two attached hydrogens (primary N) is 1. The molecular formula is C14H31N3O. The smallest absolute Gasteiger partial charge is 0.227 e. The summed E-state index contributed by atoms with van der Waals surface area (Å²) in [7, 11) is 4.11. The topological polar surface area (TPSA) is 58.4 Å². The Hall–Kier alpha value is -0.610. The Morgan fingerprint density at radius 2 is 1.94 bits per heavy atom. The van der Waals surface area contributed by atoms with Crippen molar-refractivity contribution in [3.05, 3.63) is 0 Å². The van der Waals surface area contributed by atoms with Crippen LogP contribution in [-0.2, 0) is 4.79 Å². The Labute approximate surface area is 112 Å². The van der Waals surface area contributed by atoms with Crippen molar-refractivity contribution in [1.82, 2.24) is 10.2 Å². The number of nitrogens with zero attached hydrogens (tertiary/aromatic N) is 1. The van der Waals surface area contributed by atoms with Crippen LogP contribution in [0.3, 0.4) is 0 Å².